The van der Waals surface area contributed by atoms with Crippen LogP contribution in [0.1, 0.15) is 16.1 Å². The summed E-state index contributed by atoms with van der Waals surface area (Å²) in [5, 5.41) is 2.51. The van der Waals surface area contributed by atoms with E-state index in [1.165, 1.54) is 0 Å². The molecule has 1 heterocycles. The smallest absolute Gasteiger partial charge is 0.254 e. The first kappa shape index (κ1) is 12.2. The van der Waals surface area contributed by atoms with Crippen LogP contribution in [0, 0.1) is 11.6 Å². The highest BCUT2D eigenvalue weighted by atomic mass is 19.1. The fraction of sp³-hybridized carbons (Fsp3) is 0.0769. The molecule has 0 fully saturated rings. The quantitative estimate of drug-likeness (QED) is 0.905. The second-order valence-corrected chi connectivity index (χ2v) is 3.63. The van der Waals surface area contributed by atoms with E-state index in [1.807, 2.05) is 0 Å². The van der Waals surface area contributed by atoms with Gasteiger partial charge in [0.1, 0.15) is 11.6 Å². The molecule has 0 aliphatic heterocycles. The van der Waals surface area contributed by atoms with Gasteiger partial charge < -0.3 is 5.32 Å². The molecule has 0 atom stereocenters. The van der Waals surface area contributed by atoms with Gasteiger partial charge in [-0.2, -0.15) is 0 Å². The number of halogens is 2. The van der Waals surface area contributed by atoms with E-state index in [9.17, 15) is 13.6 Å². The summed E-state index contributed by atoms with van der Waals surface area (Å²) >= 11 is 0. The van der Waals surface area contributed by atoms with Crippen molar-refractivity contribution in [1.29, 1.82) is 0 Å². The lowest BCUT2D eigenvalue weighted by atomic mass is 10.2. The van der Waals surface area contributed by atoms with Crippen LogP contribution in [0.25, 0.3) is 0 Å². The van der Waals surface area contributed by atoms with Crippen molar-refractivity contribution in [2.24, 2.45) is 0 Å². The Morgan fingerprint density at radius 3 is 2.72 bits per heavy atom. The van der Waals surface area contributed by atoms with E-state index >= 15 is 0 Å². The molecule has 3 nitrogen and oxygen atoms in total. The standard InChI is InChI=1S/C13H10F2N2O/c14-9-4-5-11(12(15)7-9)13(18)17-8-10-3-1-2-6-16-10/h1-7H,8H2,(H,17,18). The van der Waals surface area contributed by atoms with Gasteiger partial charge in [0.05, 0.1) is 17.8 Å². The van der Waals surface area contributed by atoms with Gasteiger partial charge in [0.15, 0.2) is 0 Å². The number of amides is 1. The van der Waals surface area contributed by atoms with Crippen LogP contribution >= 0.6 is 0 Å². The second kappa shape index (κ2) is 5.35. The molecule has 5 heteroatoms. The topological polar surface area (TPSA) is 42.0 Å². The number of hydrogen-bond donors (Lipinski definition) is 1. The van der Waals surface area contributed by atoms with Gasteiger partial charge in [-0.1, -0.05) is 6.07 Å². The highest BCUT2D eigenvalue weighted by molar-refractivity contribution is 5.94. The summed E-state index contributed by atoms with van der Waals surface area (Å²) < 4.78 is 26.0. The number of nitrogens with zero attached hydrogens (tertiary/aromatic N) is 1. The monoisotopic (exact) mass is 248 g/mol. The van der Waals surface area contributed by atoms with Crippen LogP contribution in [0.2, 0.25) is 0 Å². The van der Waals surface area contributed by atoms with E-state index in [4.69, 9.17) is 0 Å². The summed E-state index contributed by atoms with van der Waals surface area (Å²) in [6, 6.07) is 8.10. The summed E-state index contributed by atoms with van der Waals surface area (Å²) in [6.45, 7) is 0.191. The van der Waals surface area contributed by atoms with Crippen molar-refractivity contribution in [3.8, 4) is 0 Å². The Morgan fingerprint density at radius 2 is 2.06 bits per heavy atom. The van der Waals surface area contributed by atoms with E-state index < -0.39 is 17.5 Å². The maximum absolute atomic E-state index is 13.3. The number of nitrogens with one attached hydrogen (secondary N) is 1. The van der Waals surface area contributed by atoms with Crippen molar-refractivity contribution >= 4 is 5.91 Å². The minimum atomic E-state index is -0.881. The van der Waals surface area contributed by atoms with Crippen molar-refractivity contribution < 1.29 is 13.6 Å². The SMILES string of the molecule is O=C(NCc1ccccn1)c1ccc(F)cc1F. The first-order valence-corrected chi connectivity index (χ1v) is 5.30. The van der Waals surface area contributed by atoms with Gasteiger partial charge in [-0.05, 0) is 24.3 Å². The van der Waals surface area contributed by atoms with E-state index in [-0.39, 0.29) is 12.1 Å². The number of aromatic nitrogens is 1. The number of carbonyl (C=O) groups excluding carboxylic acids is 1. The van der Waals surface area contributed by atoms with Crippen molar-refractivity contribution in [1.82, 2.24) is 10.3 Å². The van der Waals surface area contributed by atoms with Gasteiger partial charge in [-0.3, -0.25) is 9.78 Å². The van der Waals surface area contributed by atoms with Crippen LogP contribution in [0.15, 0.2) is 42.6 Å². The molecular weight excluding hydrogens is 238 g/mol. The Labute approximate surface area is 102 Å². The predicted octanol–water partition coefficient (Wildman–Crippen LogP) is 2.29. The maximum Gasteiger partial charge on any atom is 0.254 e. The van der Waals surface area contributed by atoms with E-state index in [0.29, 0.717) is 11.8 Å². The van der Waals surface area contributed by atoms with Crippen molar-refractivity contribution in [3.05, 3.63) is 65.5 Å². The van der Waals surface area contributed by atoms with Gasteiger partial charge in [0.25, 0.3) is 5.91 Å². The Bertz CT molecular complexity index is 558. The zero-order valence-electron chi connectivity index (χ0n) is 9.36. The van der Waals surface area contributed by atoms with Crippen molar-refractivity contribution in [2.75, 3.05) is 0 Å². The summed E-state index contributed by atoms with van der Waals surface area (Å²) in [4.78, 5) is 15.7. The van der Waals surface area contributed by atoms with Gasteiger partial charge >= 0.3 is 0 Å². The molecule has 1 N–H and O–H groups in total. The molecule has 1 amide bonds. The normalized spacial score (nSPS) is 10.1. The lowest BCUT2D eigenvalue weighted by Crippen LogP contribution is -2.24. The Morgan fingerprint density at radius 1 is 1.22 bits per heavy atom. The summed E-state index contributed by atoms with van der Waals surface area (Å²) in [6.07, 6.45) is 1.60. The zero-order chi connectivity index (χ0) is 13.0. The molecule has 18 heavy (non-hydrogen) atoms. The molecule has 0 bridgehead atoms. The highest BCUT2D eigenvalue weighted by Gasteiger charge is 2.11. The number of rotatable bonds is 3. The van der Waals surface area contributed by atoms with Gasteiger partial charge in [-0.25, -0.2) is 8.78 Å². The number of benzene rings is 1. The van der Waals surface area contributed by atoms with Crippen LogP contribution in [0.3, 0.4) is 0 Å². The van der Waals surface area contributed by atoms with Crippen molar-refractivity contribution in [3.63, 3.8) is 0 Å². The van der Waals surface area contributed by atoms with Gasteiger partial charge in [-0.15, -0.1) is 0 Å². The van der Waals surface area contributed by atoms with Gasteiger partial charge in [0.2, 0.25) is 0 Å². The minimum absolute atomic E-state index is 0.188. The first-order valence-electron chi connectivity index (χ1n) is 5.30. The largest absolute Gasteiger partial charge is 0.346 e. The molecule has 0 aliphatic rings. The minimum Gasteiger partial charge on any atom is -0.346 e. The third-order valence-corrected chi connectivity index (χ3v) is 2.33. The van der Waals surface area contributed by atoms with Gasteiger partial charge in [0, 0.05) is 12.3 Å². The van der Waals surface area contributed by atoms with E-state index in [0.717, 1.165) is 12.1 Å². The molecule has 1 aromatic carbocycles. The van der Waals surface area contributed by atoms with E-state index in [2.05, 4.69) is 10.3 Å². The molecule has 0 spiro atoms. The zero-order valence-corrected chi connectivity index (χ0v) is 9.36. The number of carbonyl (C=O) groups is 1. The van der Waals surface area contributed by atoms with Crippen LogP contribution in [0.5, 0.6) is 0 Å². The Hall–Kier alpha value is -2.30. The summed E-state index contributed by atoms with van der Waals surface area (Å²) in [7, 11) is 0. The third kappa shape index (κ3) is 2.88. The average molecular weight is 248 g/mol. The molecule has 2 aromatic rings. The molecule has 0 saturated carbocycles. The van der Waals surface area contributed by atoms with E-state index in [1.54, 1.807) is 24.4 Å². The lowest BCUT2D eigenvalue weighted by molar-refractivity contribution is 0.0946. The van der Waals surface area contributed by atoms with Crippen LogP contribution in [-0.4, -0.2) is 10.9 Å². The fourth-order valence-electron chi connectivity index (χ4n) is 1.44. The third-order valence-electron chi connectivity index (χ3n) is 2.33. The molecule has 92 valence electrons. The summed E-state index contributed by atoms with van der Waals surface area (Å²) in [5.74, 6) is -2.19. The van der Waals surface area contributed by atoms with Crippen LogP contribution in [0.4, 0.5) is 8.78 Å². The van der Waals surface area contributed by atoms with Crippen molar-refractivity contribution in [2.45, 2.75) is 6.54 Å². The predicted molar refractivity (Wildman–Crippen MR) is 61.8 cm³/mol. The Balaban J connectivity index is 2.04. The number of pyridine rings is 1. The second-order valence-electron chi connectivity index (χ2n) is 3.63. The fourth-order valence-corrected chi connectivity index (χ4v) is 1.44. The molecule has 0 saturated heterocycles. The average Bonchev–Trinajstić information content (AvgIpc) is 2.37. The molecule has 2 rings (SSSR count). The molecule has 0 radical (unpaired) electrons. The molecule has 1 aromatic heterocycles. The lowest BCUT2D eigenvalue weighted by Gasteiger charge is -2.05. The van der Waals surface area contributed by atoms with Crippen LogP contribution < -0.4 is 5.32 Å². The maximum atomic E-state index is 13.3. The van der Waals surface area contributed by atoms with Crippen LogP contribution in [-0.2, 0) is 6.54 Å². The number of hydrogen-bond acceptors (Lipinski definition) is 2. The first-order chi connectivity index (χ1) is 8.66. The molecule has 0 unspecified atom stereocenters. The Kier molecular flexibility index (Phi) is 3.62. The molecule has 0 aliphatic carbocycles. The molecular formula is C13H10F2N2O. The summed E-state index contributed by atoms with van der Waals surface area (Å²) in [5.41, 5.74) is 0.473. The highest BCUT2D eigenvalue weighted by Crippen LogP contribution is 2.09.